The van der Waals surface area contributed by atoms with Crippen LogP contribution < -0.4 is 10.1 Å². The van der Waals surface area contributed by atoms with E-state index in [1.807, 2.05) is 13.0 Å². The summed E-state index contributed by atoms with van der Waals surface area (Å²) in [7, 11) is 0. The van der Waals surface area contributed by atoms with E-state index < -0.39 is 6.10 Å². The summed E-state index contributed by atoms with van der Waals surface area (Å²) in [5.41, 5.74) is 1.66. The summed E-state index contributed by atoms with van der Waals surface area (Å²) in [5, 5.41) is 12.1. The van der Waals surface area contributed by atoms with Crippen LogP contribution in [0.25, 0.3) is 0 Å². The van der Waals surface area contributed by atoms with Crippen molar-refractivity contribution in [2.24, 2.45) is 0 Å². The number of amides is 1. The third kappa shape index (κ3) is 4.11. The molecule has 0 spiro atoms. The molecule has 1 aromatic carbocycles. The summed E-state index contributed by atoms with van der Waals surface area (Å²) >= 11 is 0. The highest BCUT2D eigenvalue weighted by atomic mass is 16.5. The Balaban J connectivity index is 2.69. The van der Waals surface area contributed by atoms with Crippen LogP contribution in [0.3, 0.4) is 0 Å². The van der Waals surface area contributed by atoms with Crippen molar-refractivity contribution < 1.29 is 14.6 Å². The van der Waals surface area contributed by atoms with E-state index in [9.17, 15) is 9.90 Å². The maximum absolute atomic E-state index is 11.3. The van der Waals surface area contributed by atoms with Crippen LogP contribution in [0.5, 0.6) is 5.75 Å². The van der Waals surface area contributed by atoms with Crippen LogP contribution in [0.2, 0.25) is 0 Å². The lowest BCUT2D eigenvalue weighted by molar-refractivity contribution is -0.122. The molecule has 1 aromatic rings. The Morgan fingerprint density at radius 2 is 2.33 bits per heavy atom. The van der Waals surface area contributed by atoms with E-state index in [0.717, 1.165) is 5.56 Å². The van der Waals surface area contributed by atoms with Gasteiger partial charge in [-0.05, 0) is 25.5 Å². The smallest absolute Gasteiger partial charge is 0.258 e. The van der Waals surface area contributed by atoms with Gasteiger partial charge < -0.3 is 15.2 Å². The van der Waals surface area contributed by atoms with Crippen molar-refractivity contribution in [3.8, 4) is 18.1 Å². The van der Waals surface area contributed by atoms with Crippen molar-refractivity contribution in [2.45, 2.75) is 20.0 Å². The number of rotatable bonds is 5. The number of benzene rings is 1. The van der Waals surface area contributed by atoms with Crippen LogP contribution in [-0.4, -0.2) is 24.2 Å². The number of aryl methyl sites for hydroxylation is 1. The van der Waals surface area contributed by atoms with E-state index in [2.05, 4.69) is 11.2 Å². The minimum atomic E-state index is -0.644. The molecule has 2 N–H and O–H groups in total. The Bertz CT molecular complexity index is 461. The maximum Gasteiger partial charge on any atom is 0.258 e. The van der Waals surface area contributed by atoms with Gasteiger partial charge >= 0.3 is 0 Å². The summed E-state index contributed by atoms with van der Waals surface area (Å²) < 4.78 is 5.40. The summed E-state index contributed by atoms with van der Waals surface area (Å²) in [4.78, 5) is 11.3. The first kappa shape index (κ1) is 14.1. The van der Waals surface area contributed by atoms with Crippen LogP contribution in [0.1, 0.15) is 24.2 Å². The zero-order chi connectivity index (χ0) is 13.5. The van der Waals surface area contributed by atoms with Gasteiger partial charge in [0, 0.05) is 5.56 Å². The Hall–Kier alpha value is -1.99. The van der Waals surface area contributed by atoms with Gasteiger partial charge in [-0.3, -0.25) is 4.79 Å². The summed E-state index contributed by atoms with van der Waals surface area (Å²) in [6, 6.07) is 5.46. The van der Waals surface area contributed by atoms with E-state index in [1.165, 1.54) is 0 Å². The first-order valence-corrected chi connectivity index (χ1v) is 5.66. The lowest BCUT2D eigenvalue weighted by Crippen LogP contribution is -2.29. The lowest BCUT2D eigenvalue weighted by Gasteiger charge is -2.13. The molecular weight excluding hydrogens is 230 g/mol. The second-order valence-corrected chi connectivity index (χ2v) is 3.99. The number of carbonyl (C=O) groups excluding carboxylic acids is 1. The molecule has 1 atom stereocenters. The number of hydrogen-bond acceptors (Lipinski definition) is 3. The quantitative estimate of drug-likeness (QED) is 0.768. The van der Waals surface area contributed by atoms with Gasteiger partial charge in [0.15, 0.2) is 6.61 Å². The van der Waals surface area contributed by atoms with Crippen LogP contribution in [0.4, 0.5) is 0 Å². The van der Waals surface area contributed by atoms with E-state index in [0.29, 0.717) is 11.3 Å². The van der Waals surface area contributed by atoms with Crippen molar-refractivity contribution in [1.82, 2.24) is 5.32 Å². The first-order valence-electron chi connectivity index (χ1n) is 5.66. The highest BCUT2D eigenvalue weighted by molar-refractivity contribution is 5.77. The van der Waals surface area contributed by atoms with Crippen LogP contribution >= 0.6 is 0 Å². The average molecular weight is 247 g/mol. The van der Waals surface area contributed by atoms with Gasteiger partial charge in [0.25, 0.3) is 5.91 Å². The van der Waals surface area contributed by atoms with Crippen LogP contribution in [0, 0.1) is 19.3 Å². The number of terminal acetylenes is 1. The van der Waals surface area contributed by atoms with Gasteiger partial charge in [0.05, 0.1) is 12.6 Å². The minimum Gasteiger partial charge on any atom is -0.483 e. The fraction of sp³-hybridized carbons (Fsp3) is 0.357. The molecule has 1 amide bonds. The number of aliphatic hydroxyl groups is 1. The van der Waals surface area contributed by atoms with E-state index >= 15 is 0 Å². The highest BCUT2D eigenvalue weighted by Gasteiger charge is 2.10. The third-order valence-electron chi connectivity index (χ3n) is 2.37. The fourth-order valence-corrected chi connectivity index (χ4v) is 1.46. The summed E-state index contributed by atoms with van der Waals surface area (Å²) in [6.45, 7) is 3.62. The molecule has 0 aromatic heterocycles. The minimum absolute atomic E-state index is 0.120. The number of carbonyl (C=O) groups is 1. The molecule has 0 aliphatic carbocycles. The van der Waals surface area contributed by atoms with Crippen molar-refractivity contribution in [2.75, 3.05) is 13.2 Å². The van der Waals surface area contributed by atoms with Crippen molar-refractivity contribution in [3.63, 3.8) is 0 Å². The molecule has 0 aliphatic heterocycles. The van der Waals surface area contributed by atoms with Gasteiger partial charge in [0.2, 0.25) is 0 Å². The molecule has 4 nitrogen and oxygen atoms in total. The highest BCUT2D eigenvalue weighted by Crippen LogP contribution is 2.26. The van der Waals surface area contributed by atoms with E-state index in [-0.39, 0.29) is 19.1 Å². The third-order valence-corrected chi connectivity index (χ3v) is 2.37. The number of ether oxygens (including phenoxy) is 1. The van der Waals surface area contributed by atoms with E-state index in [4.69, 9.17) is 11.2 Å². The van der Waals surface area contributed by atoms with E-state index in [1.54, 1.807) is 19.1 Å². The Morgan fingerprint density at radius 1 is 1.61 bits per heavy atom. The Kier molecular flexibility index (Phi) is 5.22. The van der Waals surface area contributed by atoms with Gasteiger partial charge in [-0.1, -0.05) is 18.1 Å². The molecule has 0 bridgehead atoms. The van der Waals surface area contributed by atoms with Gasteiger partial charge in [-0.2, -0.15) is 0 Å². The molecule has 0 aliphatic rings. The Morgan fingerprint density at radius 3 is 2.94 bits per heavy atom. The molecule has 0 saturated carbocycles. The number of aliphatic hydroxyl groups excluding tert-OH is 1. The predicted molar refractivity (Wildman–Crippen MR) is 69.2 cm³/mol. The average Bonchev–Trinajstić information content (AvgIpc) is 2.33. The molecule has 4 heteroatoms. The van der Waals surface area contributed by atoms with Gasteiger partial charge in [-0.25, -0.2) is 0 Å². The largest absolute Gasteiger partial charge is 0.483 e. The standard InChI is InChI=1S/C14H17NO3/c1-4-7-15-14(17)9-18-13-8-10(2)5-6-12(13)11(3)16/h1,5-6,8,11,16H,7,9H2,2-3H3,(H,15,17)/t11-/m0/s1. The van der Waals surface area contributed by atoms with Crippen molar-refractivity contribution in [1.29, 1.82) is 0 Å². The molecule has 0 unspecified atom stereocenters. The zero-order valence-electron chi connectivity index (χ0n) is 10.6. The predicted octanol–water partition coefficient (Wildman–Crippen LogP) is 1.18. The topological polar surface area (TPSA) is 58.6 Å². The fourth-order valence-electron chi connectivity index (χ4n) is 1.46. The molecule has 0 radical (unpaired) electrons. The summed E-state index contributed by atoms with van der Waals surface area (Å²) in [5.74, 6) is 2.54. The summed E-state index contributed by atoms with van der Waals surface area (Å²) in [6.07, 6.45) is 4.39. The second kappa shape index (κ2) is 6.67. The van der Waals surface area contributed by atoms with Crippen LogP contribution in [0.15, 0.2) is 18.2 Å². The number of hydrogen-bond donors (Lipinski definition) is 2. The van der Waals surface area contributed by atoms with Gasteiger partial charge in [0.1, 0.15) is 5.75 Å². The first-order chi connectivity index (χ1) is 8.54. The zero-order valence-corrected chi connectivity index (χ0v) is 10.6. The molecule has 0 fully saturated rings. The molecule has 18 heavy (non-hydrogen) atoms. The van der Waals surface area contributed by atoms with Crippen LogP contribution in [-0.2, 0) is 4.79 Å². The second-order valence-electron chi connectivity index (χ2n) is 3.99. The monoisotopic (exact) mass is 247 g/mol. The normalized spacial score (nSPS) is 11.4. The number of nitrogens with one attached hydrogen (secondary N) is 1. The molecule has 0 heterocycles. The lowest BCUT2D eigenvalue weighted by atomic mass is 10.1. The SMILES string of the molecule is C#CCNC(=O)COc1cc(C)ccc1[C@H](C)O. The van der Waals surface area contributed by atoms with Crippen molar-refractivity contribution in [3.05, 3.63) is 29.3 Å². The molecule has 0 saturated heterocycles. The molecule has 1 rings (SSSR count). The maximum atomic E-state index is 11.3. The van der Waals surface area contributed by atoms with Gasteiger partial charge in [-0.15, -0.1) is 6.42 Å². The molecule has 96 valence electrons. The van der Waals surface area contributed by atoms with Crippen molar-refractivity contribution >= 4 is 5.91 Å². The Labute approximate surface area is 107 Å². The molecular formula is C14H17NO3.